The molecule has 0 aliphatic rings. The Morgan fingerprint density at radius 3 is 2.74 bits per heavy atom. The van der Waals surface area contributed by atoms with E-state index in [-0.39, 0.29) is 5.56 Å². The summed E-state index contributed by atoms with van der Waals surface area (Å²) in [6.07, 6.45) is 1.04. The van der Waals surface area contributed by atoms with Crippen molar-refractivity contribution in [3.63, 3.8) is 0 Å². The largest absolute Gasteiger partial charge is 0.465 e. The van der Waals surface area contributed by atoms with Crippen molar-refractivity contribution in [1.82, 2.24) is 10.2 Å². The Balaban J connectivity index is 2.43. The molecule has 0 radical (unpaired) electrons. The van der Waals surface area contributed by atoms with Gasteiger partial charge >= 0.3 is 5.97 Å². The summed E-state index contributed by atoms with van der Waals surface area (Å²) >= 11 is 0. The Bertz CT molecular complexity index is 422. The Morgan fingerprint density at radius 1 is 1.42 bits per heavy atom. The van der Waals surface area contributed by atoms with E-state index in [4.69, 9.17) is 0 Å². The van der Waals surface area contributed by atoms with Crippen LogP contribution in [0.2, 0.25) is 0 Å². The summed E-state index contributed by atoms with van der Waals surface area (Å²) in [4.78, 5) is 13.3. The van der Waals surface area contributed by atoms with Gasteiger partial charge in [0.15, 0.2) is 0 Å². The van der Waals surface area contributed by atoms with Gasteiger partial charge in [-0.05, 0) is 51.3 Å². The molecule has 0 atom stereocenters. The van der Waals surface area contributed by atoms with Gasteiger partial charge in [0, 0.05) is 6.54 Å². The highest BCUT2D eigenvalue weighted by Crippen LogP contribution is 2.11. The number of benzene rings is 1. The second kappa shape index (κ2) is 7.86. The van der Waals surface area contributed by atoms with Gasteiger partial charge in [-0.3, -0.25) is 0 Å². The molecule has 0 aliphatic carbocycles. The van der Waals surface area contributed by atoms with E-state index in [1.54, 1.807) is 6.07 Å². The number of rotatable bonds is 7. The van der Waals surface area contributed by atoms with Crippen molar-refractivity contribution in [1.29, 1.82) is 0 Å². The van der Waals surface area contributed by atoms with E-state index in [9.17, 15) is 9.18 Å². The smallest absolute Gasteiger partial charge is 0.340 e. The number of methoxy groups -OCH3 is 1. The van der Waals surface area contributed by atoms with Crippen LogP contribution in [0.5, 0.6) is 0 Å². The fourth-order valence-electron chi connectivity index (χ4n) is 1.70. The predicted molar refractivity (Wildman–Crippen MR) is 72.6 cm³/mol. The standard InChI is InChI=1S/C14H21FN2O2/c1-17(2)8-4-7-16-10-11-5-6-12(13(15)9-11)14(18)19-3/h5-6,9,16H,4,7-8,10H2,1-3H3. The summed E-state index contributed by atoms with van der Waals surface area (Å²) in [6, 6.07) is 4.55. The number of halogens is 1. The Hall–Kier alpha value is -1.46. The molecule has 0 heterocycles. The summed E-state index contributed by atoms with van der Waals surface area (Å²) in [5.41, 5.74) is 0.786. The van der Waals surface area contributed by atoms with E-state index in [1.807, 2.05) is 14.1 Å². The van der Waals surface area contributed by atoms with Crippen LogP contribution < -0.4 is 5.32 Å². The van der Waals surface area contributed by atoms with Gasteiger partial charge in [-0.25, -0.2) is 9.18 Å². The molecule has 4 nitrogen and oxygen atoms in total. The highest BCUT2D eigenvalue weighted by molar-refractivity contribution is 5.89. The van der Waals surface area contributed by atoms with Crippen molar-refractivity contribution in [2.24, 2.45) is 0 Å². The lowest BCUT2D eigenvalue weighted by molar-refractivity contribution is 0.0595. The monoisotopic (exact) mass is 268 g/mol. The fourth-order valence-corrected chi connectivity index (χ4v) is 1.70. The topological polar surface area (TPSA) is 41.6 Å². The maximum atomic E-state index is 13.6. The molecule has 0 spiro atoms. The molecule has 0 bridgehead atoms. The first-order valence-electron chi connectivity index (χ1n) is 6.26. The summed E-state index contributed by atoms with van der Waals surface area (Å²) in [5, 5.41) is 3.24. The summed E-state index contributed by atoms with van der Waals surface area (Å²) in [6.45, 7) is 2.48. The quantitative estimate of drug-likeness (QED) is 0.603. The Kier molecular flexibility index (Phi) is 6.45. The minimum Gasteiger partial charge on any atom is -0.465 e. The minimum atomic E-state index is -0.650. The van der Waals surface area contributed by atoms with Gasteiger partial charge in [-0.2, -0.15) is 0 Å². The first-order chi connectivity index (χ1) is 9.04. The van der Waals surface area contributed by atoms with Crippen molar-refractivity contribution in [3.8, 4) is 0 Å². The molecule has 1 rings (SSSR count). The number of esters is 1. The molecular formula is C14H21FN2O2. The van der Waals surface area contributed by atoms with Gasteiger partial charge in [0.1, 0.15) is 5.82 Å². The number of carbonyl (C=O) groups excluding carboxylic acids is 1. The Labute approximate surface area is 113 Å². The minimum absolute atomic E-state index is 0.0288. The van der Waals surface area contributed by atoms with E-state index in [2.05, 4.69) is 15.0 Å². The van der Waals surface area contributed by atoms with Crippen molar-refractivity contribution >= 4 is 5.97 Å². The molecule has 0 aliphatic heterocycles. The maximum absolute atomic E-state index is 13.6. The number of nitrogens with zero attached hydrogens (tertiary/aromatic N) is 1. The molecule has 19 heavy (non-hydrogen) atoms. The first-order valence-corrected chi connectivity index (χ1v) is 6.26. The zero-order valence-corrected chi connectivity index (χ0v) is 11.7. The van der Waals surface area contributed by atoms with Gasteiger partial charge in [-0.1, -0.05) is 6.07 Å². The summed E-state index contributed by atoms with van der Waals surface area (Å²) in [5.74, 6) is -1.19. The van der Waals surface area contributed by atoms with Crippen LogP contribution in [-0.4, -0.2) is 45.2 Å². The number of hydrogen-bond donors (Lipinski definition) is 1. The SMILES string of the molecule is COC(=O)c1ccc(CNCCCN(C)C)cc1F. The lowest BCUT2D eigenvalue weighted by Crippen LogP contribution is -2.21. The molecular weight excluding hydrogens is 247 g/mol. The third kappa shape index (κ3) is 5.36. The van der Waals surface area contributed by atoms with Gasteiger partial charge in [0.2, 0.25) is 0 Å². The molecule has 106 valence electrons. The average Bonchev–Trinajstić information content (AvgIpc) is 2.37. The van der Waals surface area contributed by atoms with E-state index in [0.717, 1.165) is 25.1 Å². The lowest BCUT2D eigenvalue weighted by Gasteiger charge is -2.10. The van der Waals surface area contributed by atoms with E-state index >= 15 is 0 Å². The highest BCUT2D eigenvalue weighted by atomic mass is 19.1. The van der Waals surface area contributed by atoms with Crippen LogP contribution in [-0.2, 0) is 11.3 Å². The normalized spacial score (nSPS) is 10.8. The van der Waals surface area contributed by atoms with Gasteiger partial charge < -0.3 is 15.0 Å². The van der Waals surface area contributed by atoms with Crippen LogP contribution in [0.15, 0.2) is 18.2 Å². The molecule has 1 aromatic rings. The van der Waals surface area contributed by atoms with Crippen LogP contribution >= 0.6 is 0 Å². The van der Waals surface area contributed by atoms with Crippen molar-refractivity contribution in [2.45, 2.75) is 13.0 Å². The van der Waals surface area contributed by atoms with Crippen LogP contribution in [0.3, 0.4) is 0 Å². The number of nitrogens with one attached hydrogen (secondary N) is 1. The molecule has 0 saturated carbocycles. The molecule has 1 aromatic carbocycles. The molecule has 1 N–H and O–H groups in total. The fraction of sp³-hybridized carbons (Fsp3) is 0.500. The van der Waals surface area contributed by atoms with Crippen LogP contribution in [0.4, 0.5) is 4.39 Å². The molecule has 5 heteroatoms. The lowest BCUT2D eigenvalue weighted by atomic mass is 10.1. The van der Waals surface area contributed by atoms with Crippen LogP contribution in [0.1, 0.15) is 22.3 Å². The van der Waals surface area contributed by atoms with Gasteiger partial charge in [0.25, 0.3) is 0 Å². The zero-order valence-electron chi connectivity index (χ0n) is 11.7. The third-order valence-electron chi connectivity index (χ3n) is 2.73. The van der Waals surface area contributed by atoms with Gasteiger partial charge in [0.05, 0.1) is 12.7 Å². The summed E-state index contributed by atoms with van der Waals surface area (Å²) < 4.78 is 18.1. The van der Waals surface area contributed by atoms with E-state index in [1.165, 1.54) is 19.2 Å². The predicted octanol–water partition coefficient (Wildman–Crippen LogP) is 1.65. The van der Waals surface area contributed by atoms with E-state index < -0.39 is 11.8 Å². The third-order valence-corrected chi connectivity index (χ3v) is 2.73. The molecule has 0 aromatic heterocycles. The van der Waals surface area contributed by atoms with Crippen LogP contribution in [0, 0.1) is 5.82 Å². The van der Waals surface area contributed by atoms with Crippen molar-refractivity contribution in [2.75, 3.05) is 34.3 Å². The van der Waals surface area contributed by atoms with Crippen molar-refractivity contribution < 1.29 is 13.9 Å². The molecule has 0 amide bonds. The maximum Gasteiger partial charge on any atom is 0.340 e. The van der Waals surface area contributed by atoms with Crippen molar-refractivity contribution in [3.05, 3.63) is 35.1 Å². The second-order valence-corrected chi connectivity index (χ2v) is 4.64. The number of hydrogen-bond acceptors (Lipinski definition) is 4. The molecule has 0 fully saturated rings. The summed E-state index contributed by atoms with van der Waals surface area (Å²) in [7, 11) is 5.30. The van der Waals surface area contributed by atoms with E-state index in [0.29, 0.717) is 6.54 Å². The first kappa shape index (κ1) is 15.6. The molecule has 0 unspecified atom stereocenters. The average molecular weight is 268 g/mol. The molecule has 0 saturated heterocycles. The number of carbonyl (C=O) groups is 1. The zero-order chi connectivity index (χ0) is 14.3. The second-order valence-electron chi connectivity index (χ2n) is 4.64. The Morgan fingerprint density at radius 2 is 2.16 bits per heavy atom. The number of ether oxygens (including phenoxy) is 1. The van der Waals surface area contributed by atoms with Gasteiger partial charge in [-0.15, -0.1) is 0 Å². The van der Waals surface area contributed by atoms with Crippen LogP contribution in [0.25, 0.3) is 0 Å². The highest BCUT2D eigenvalue weighted by Gasteiger charge is 2.11.